The third-order valence-electron chi connectivity index (χ3n) is 5.02. The number of carbonyl (C=O) groups excluding carboxylic acids is 1. The number of carbonyl (C=O) groups is 1. The fourth-order valence-corrected chi connectivity index (χ4v) is 3.75. The molecule has 7 heteroatoms. The van der Waals surface area contributed by atoms with Crippen LogP contribution in [-0.4, -0.2) is 61.7 Å². The van der Waals surface area contributed by atoms with Crippen molar-refractivity contribution in [3.63, 3.8) is 0 Å². The van der Waals surface area contributed by atoms with Crippen molar-refractivity contribution in [2.24, 2.45) is 0 Å². The molecule has 1 saturated heterocycles. The first-order chi connectivity index (χ1) is 13.5. The number of nitrogens with zero attached hydrogens (tertiary/aromatic N) is 4. The van der Waals surface area contributed by atoms with Crippen LogP contribution in [-0.2, 0) is 9.53 Å². The lowest BCUT2D eigenvalue weighted by molar-refractivity contribution is -0.133. The first kappa shape index (κ1) is 20.6. The Labute approximate surface area is 171 Å². The van der Waals surface area contributed by atoms with Gasteiger partial charge in [-0.15, -0.1) is 0 Å². The van der Waals surface area contributed by atoms with E-state index in [1.807, 2.05) is 54.4 Å². The second kappa shape index (κ2) is 9.34. The molecule has 0 aliphatic carbocycles. The van der Waals surface area contributed by atoms with Gasteiger partial charge in [0, 0.05) is 57.0 Å². The van der Waals surface area contributed by atoms with Gasteiger partial charge in [-0.05, 0) is 30.5 Å². The fraction of sp³-hybridized carbons (Fsp3) is 0.476. The van der Waals surface area contributed by atoms with Crippen LogP contribution in [0.4, 0.5) is 5.95 Å². The number of hydrogen-bond donors (Lipinski definition) is 0. The molecule has 6 nitrogen and oxygen atoms in total. The highest BCUT2D eigenvalue weighted by Gasteiger charge is 2.28. The molecule has 0 spiro atoms. The Hall–Kier alpha value is -2.18. The van der Waals surface area contributed by atoms with Crippen molar-refractivity contribution in [2.45, 2.75) is 25.2 Å². The summed E-state index contributed by atoms with van der Waals surface area (Å²) in [5.41, 5.74) is 2.95. The average molecular weight is 403 g/mol. The maximum atomic E-state index is 12.5. The Bertz CT molecular complexity index is 828. The molecule has 150 valence electrons. The third-order valence-corrected chi connectivity index (χ3v) is 5.26. The molecule has 1 aliphatic rings. The van der Waals surface area contributed by atoms with Crippen LogP contribution in [0.3, 0.4) is 0 Å². The number of likely N-dealkylation sites (tertiary alicyclic amines) is 1. The van der Waals surface area contributed by atoms with Crippen molar-refractivity contribution >= 4 is 23.5 Å². The van der Waals surface area contributed by atoms with Gasteiger partial charge in [-0.2, -0.15) is 0 Å². The molecule has 2 aromatic rings. The van der Waals surface area contributed by atoms with Gasteiger partial charge in [0.15, 0.2) is 0 Å². The van der Waals surface area contributed by atoms with E-state index < -0.39 is 0 Å². The second-order valence-electron chi connectivity index (χ2n) is 7.30. The highest BCUT2D eigenvalue weighted by atomic mass is 35.5. The molecule has 0 bridgehead atoms. The topological polar surface area (TPSA) is 58.6 Å². The van der Waals surface area contributed by atoms with Crippen LogP contribution in [0.2, 0.25) is 5.02 Å². The third kappa shape index (κ3) is 4.80. The molecule has 28 heavy (non-hydrogen) atoms. The van der Waals surface area contributed by atoms with Gasteiger partial charge in [0.1, 0.15) is 0 Å². The van der Waals surface area contributed by atoms with E-state index in [4.69, 9.17) is 21.3 Å². The normalized spacial score (nSPS) is 16.9. The average Bonchev–Trinajstić information content (AvgIpc) is 2.71. The van der Waals surface area contributed by atoms with E-state index in [0.29, 0.717) is 30.5 Å². The molecule has 2 heterocycles. The number of hydrogen-bond acceptors (Lipinski definition) is 5. The van der Waals surface area contributed by atoms with Crippen molar-refractivity contribution in [1.29, 1.82) is 0 Å². The maximum Gasteiger partial charge on any atom is 0.225 e. The number of ether oxygens (including phenoxy) is 1. The van der Waals surface area contributed by atoms with Crippen LogP contribution < -0.4 is 4.90 Å². The SMILES string of the molecule is COCCC(=O)N1CCC[C@@H](c2nc(N(C)C)ncc2-c2cccc(Cl)c2)C1. The largest absolute Gasteiger partial charge is 0.384 e. The van der Waals surface area contributed by atoms with Crippen LogP contribution in [0, 0.1) is 0 Å². The number of piperidine rings is 1. The van der Waals surface area contributed by atoms with E-state index in [-0.39, 0.29) is 11.8 Å². The minimum absolute atomic E-state index is 0.137. The van der Waals surface area contributed by atoms with Gasteiger partial charge in [-0.3, -0.25) is 4.79 Å². The summed E-state index contributed by atoms with van der Waals surface area (Å²) in [7, 11) is 5.48. The van der Waals surface area contributed by atoms with E-state index in [0.717, 1.165) is 36.2 Å². The standard InChI is InChI=1S/C21H27ClN4O2/c1-25(2)21-23-13-18(15-6-4-8-17(22)12-15)20(24-21)16-7-5-10-26(14-16)19(27)9-11-28-3/h4,6,8,12-13,16H,5,7,9-11,14H2,1-3H3/t16-/m1/s1. The maximum absolute atomic E-state index is 12.5. The number of amides is 1. The molecular formula is C21H27ClN4O2. The monoisotopic (exact) mass is 402 g/mol. The molecular weight excluding hydrogens is 376 g/mol. The predicted molar refractivity (Wildman–Crippen MR) is 112 cm³/mol. The lowest BCUT2D eigenvalue weighted by atomic mass is 9.90. The summed E-state index contributed by atoms with van der Waals surface area (Å²) >= 11 is 6.21. The van der Waals surface area contributed by atoms with Crippen molar-refractivity contribution in [2.75, 3.05) is 45.8 Å². The molecule has 0 radical (unpaired) electrons. The Balaban J connectivity index is 1.94. The minimum atomic E-state index is 0.137. The Morgan fingerprint density at radius 3 is 2.93 bits per heavy atom. The molecule has 1 amide bonds. The smallest absolute Gasteiger partial charge is 0.225 e. The van der Waals surface area contributed by atoms with Crippen LogP contribution in [0.25, 0.3) is 11.1 Å². The van der Waals surface area contributed by atoms with Gasteiger partial charge in [-0.25, -0.2) is 9.97 Å². The summed E-state index contributed by atoms with van der Waals surface area (Å²) < 4.78 is 5.06. The van der Waals surface area contributed by atoms with E-state index in [9.17, 15) is 4.79 Å². The second-order valence-corrected chi connectivity index (χ2v) is 7.73. The molecule has 0 saturated carbocycles. The lowest BCUT2D eigenvalue weighted by Gasteiger charge is -2.33. The number of rotatable bonds is 6. The van der Waals surface area contributed by atoms with Crippen LogP contribution in [0.5, 0.6) is 0 Å². The number of aromatic nitrogens is 2. The predicted octanol–water partition coefficient (Wildman–Crippen LogP) is 3.61. The highest BCUT2D eigenvalue weighted by Crippen LogP contribution is 2.34. The van der Waals surface area contributed by atoms with Crippen molar-refractivity contribution in [1.82, 2.24) is 14.9 Å². The quantitative estimate of drug-likeness (QED) is 0.738. The Kier molecular flexibility index (Phi) is 6.86. The molecule has 1 aliphatic heterocycles. The van der Waals surface area contributed by atoms with E-state index in [1.54, 1.807) is 7.11 Å². The Morgan fingerprint density at radius 1 is 1.39 bits per heavy atom. The van der Waals surface area contributed by atoms with E-state index in [1.165, 1.54) is 0 Å². The van der Waals surface area contributed by atoms with Gasteiger partial charge in [0.25, 0.3) is 0 Å². The summed E-state index contributed by atoms with van der Waals surface area (Å²) in [6.07, 6.45) is 4.23. The summed E-state index contributed by atoms with van der Waals surface area (Å²) in [5.74, 6) is 0.970. The molecule has 0 N–H and O–H groups in total. The zero-order valence-corrected chi connectivity index (χ0v) is 17.4. The Morgan fingerprint density at radius 2 is 2.21 bits per heavy atom. The molecule has 0 unspecified atom stereocenters. The number of methoxy groups -OCH3 is 1. The van der Waals surface area contributed by atoms with Crippen LogP contribution in [0.15, 0.2) is 30.5 Å². The van der Waals surface area contributed by atoms with Gasteiger partial charge in [0.05, 0.1) is 18.7 Å². The van der Waals surface area contributed by atoms with Crippen molar-refractivity contribution < 1.29 is 9.53 Å². The summed E-state index contributed by atoms with van der Waals surface area (Å²) in [6.45, 7) is 1.91. The first-order valence-corrected chi connectivity index (χ1v) is 9.94. The van der Waals surface area contributed by atoms with E-state index >= 15 is 0 Å². The summed E-state index contributed by atoms with van der Waals surface area (Å²) in [4.78, 5) is 25.7. The zero-order chi connectivity index (χ0) is 20.1. The van der Waals surface area contributed by atoms with Gasteiger partial charge in [0.2, 0.25) is 11.9 Å². The van der Waals surface area contributed by atoms with Gasteiger partial charge < -0.3 is 14.5 Å². The van der Waals surface area contributed by atoms with Crippen molar-refractivity contribution in [3.05, 3.63) is 41.2 Å². The molecule has 1 aromatic heterocycles. The molecule has 3 rings (SSSR count). The first-order valence-electron chi connectivity index (χ1n) is 9.56. The summed E-state index contributed by atoms with van der Waals surface area (Å²) in [5, 5.41) is 0.681. The van der Waals surface area contributed by atoms with Crippen LogP contribution in [0.1, 0.15) is 30.9 Å². The number of anilines is 1. The minimum Gasteiger partial charge on any atom is -0.384 e. The van der Waals surface area contributed by atoms with Gasteiger partial charge >= 0.3 is 0 Å². The molecule has 1 atom stereocenters. The van der Waals surface area contributed by atoms with Crippen molar-refractivity contribution in [3.8, 4) is 11.1 Å². The fourth-order valence-electron chi connectivity index (χ4n) is 3.56. The van der Waals surface area contributed by atoms with Crippen LogP contribution >= 0.6 is 11.6 Å². The summed E-state index contributed by atoms with van der Waals surface area (Å²) in [6, 6.07) is 7.75. The number of benzene rings is 1. The van der Waals surface area contributed by atoms with Gasteiger partial charge in [-0.1, -0.05) is 23.7 Å². The molecule has 1 fully saturated rings. The number of halogens is 1. The highest BCUT2D eigenvalue weighted by molar-refractivity contribution is 6.30. The zero-order valence-electron chi connectivity index (χ0n) is 16.7. The van der Waals surface area contributed by atoms with E-state index in [2.05, 4.69) is 4.98 Å². The molecule has 1 aromatic carbocycles. The lowest BCUT2D eigenvalue weighted by Crippen LogP contribution is -2.39.